The third-order valence-electron chi connectivity index (χ3n) is 3.98. The van der Waals surface area contributed by atoms with E-state index in [9.17, 15) is 4.79 Å². The number of carbonyl (C=O) groups excluding carboxylic acids is 1. The molecule has 3 rings (SSSR count). The topological polar surface area (TPSA) is 33.5 Å². The van der Waals surface area contributed by atoms with Crippen LogP contribution in [0.3, 0.4) is 0 Å². The summed E-state index contributed by atoms with van der Waals surface area (Å²) in [6.45, 7) is 5.85. The summed E-state index contributed by atoms with van der Waals surface area (Å²) in [5.74, 6) is 1.14. The lowest BCUT2D eigenvalue weighted by Gasteiger charge is -2.30. The summed E-state index contributed by atoms with van der Waals surface area (Å²) >= 11 is 0. The van der Waals surface area contributed by atoms with Crippen LogP contribution < -0.4 is 0 Å². The second kappa shape index (κ2) is 4.72. The molecule has 0 spiro atoms. The molecule has 3 heteroatoms. The van der Waals surface area contributed by atoms with Crippen LogP contribution in [-0.2, 0) is 0 Å². The van der Waals surface area contributed by atoms with Crippen molar-refractivity contribution in [3.8, 4) is 0 Å². The Balaban J connectivity index is 1.95. The van der Waals surface area contributed by atoms with E-state index >= 15 is 0 Å². The zero-order chi connectivity index (χ0) is 13.4. The first-order valence-corrected chi connectivity index (χ1v) is 6.94. The summed E-state index contributed by atoms with van der Waals surface area (Å²) in [4.78, 5) is 14.5. The third-order valence-corrected chi connectivity index (χ3v) is 3.98. The monoisotopic (exact) mass is 257 g/mol. The Bertz CT molecular complexity index is 614. The number of piperidine rings is 1. The van der Waals surface area contributed by atoms with E-state index in [0.29, 0.717) is 11.7 Å². The smallest absolute Gasteiger partial charge is 0.289 e. The molecule has 1 aromatic carbocycles. The van der Waals surface area contributed by atoms with Gasteiger partial charge in [-0.2, -0.15) is 0 Å². The first-order chi connectivity index (χ1) is 9.16. The normalized spacial score (nSPS) is 19.9. The van der Waals surface area contributed by atoms with Crippen LogP contribution >= 0.6 is 0 Å². The highest BCUT2D eigenvalue weighted by Gasteiger charge is 2.26. The van der Waals surface area contributed by atoms with Gasteiger partial charge in [0.2, 0.25) is 0 Å². The van der Waals surface area contributed by atoms with E-state index in [1.165, 1.54) is 6.42 Å². The van der Waals surface area contributed by atoms with Gasteiger partial charge in [0.05, 0.1) is 0 Å². The Hall–Kier alpha value is -1.77. The van der Waals surface area contributed by atoms with Crippen LogP contribution in [-0.4, -0.2) is 23.9 Å². The van der Waals surface area contributed by atoms with Gasteiger partial charge in [-0.3, -0.25) is 4.79 Å². The second-order valence-corrected chi connectivity index (χ2v) is 5.55. The molecule has 2 aromatic rings. The minimum Gasteiger partial charge on any atom is -0.451 e. The van der Waals surface area contributed by atoms with E-state index in [-0.39, 0.29) is 5.91 Å². The molecule has 3 nitrogen and oxygen atoms in total. The minimum atomic E-state index is 0.0419. The molecular weight excluding hydrogens is 238 g/mol. The summed E-state index contributed by atoms with van der Waals surface area (Å²) in [5.41, 5.74) is 1.76. The SMILES string of the molecule is Cc1c(C(=O)N2CCCC(C)C2)oc2ccccc12. The van der Waals surface area contributed by atoms with Crippen molar-refractivity contribution >= 4 is 16.9 Å². The lowest BCUT2D eigenvalue weighted by molar-refractivity contribution is 0.0652. The Kier molecular flexibility index (Phi) is 3.05. The van der Waals surface area contributed by atoms with Crippen molar-refractivity contribution in [2.24, 2.45) is 5.92 Å². The van der Waals surface area contributed by atoms with Crippen LogP contribution in [0.15, 0.2) is 28.7 Å². The lowest BCUT2D eigenvalue weighted by Crippen LogP contribution is -2.39. The van der Waals surface area contributed by atoms with Crippen molar-refractivity contribution < 1.29 is 9.21 Å². The lowest BCUT2D eigenvalue weighted by atomic mass is 10.00. The van der Waals surface area contributed by atoms with Crippen molar-refractivity contribution in [1.82, 2.24) is 4.90 Å². The molecule has 0 radical (unpaired) electrons. The number of carbonyl (C=O) groups is 1. The number of hydrogen-bond acceptors (Lipinski definition) is 2. The van der Waals surface area contributed by atoms with Crippen LogP contribution in [0.1, 0.15) is 35.9 Å². The van der Waals surface area contributed by atoms with Gasteiger partial charge in [0.25, 0.3) is 5.91 Å². The van der Waals surface area contributed by atoms with Gasteiger partial charge >= 0.3 is 0 Å². The molecule has 0 saturated carbocycles. The van der Waals surface area contributed by atoms with E-state index in [1.807, 2.05) is 36.1 Å². The number of furan rings is 1. The van der Waals surface area contributed by atoms with E-state index < -0.39 is 0 Å². The maximum Gasteiger partial charge on any atom is 0.289 e. The van der Waals surface area contributed by atoms with E-state index in [2.05, 4.69) is 6.92 Å². The summed E-state index contributed by atoms with van der Waals surface area (Å²) in [5, 5.41) is 1.04. The maximum atomic E-state index is 12.6. The quantitative estimate of drug-likeness (QED) is 0.782. The van der Waals surface area contributed by atoms with Crippen LogP contribution in [0.5, 0.6) is 0 Å². The van der Waals surface area contributed by atoms with E-state index in [4.69, 9.17) is 4.42 Å². The number of amides is 1. The van der Waals surface area contributed by atoms with Crippen LogP contribution in [0.4, 0.5) is 0 Å². The molecule has 1 fully saturated rings. The van der Waals surface area contributed by atoms with E-state index in [1.54, 1.807) is 0 Å². The van der Waals surface area contributed by atoms with Crippen LogP contribution in [0.25, 0.3) is 11.0 Å². The molecule has 0 bridgehead atoms. The molecule has 1 atom stereocenters. The number of benzene rings is 1. The van der Waals surface area contributed by atoms with Gasteiger partial charge in [0, 0.05) is 24.0 Å². The number of para-hydroxylation sites is 1. The Labute approximate surface area is 113 Å². The van der Waals surface area contributed by atoms with Gasteiger partial charge in [0.1, 0.15) is 5.58 Å². The fraction of sp³-hybridized carbons (Fsp3) is 0.438. The average Bonchev–Trinajstić information content (AvgIpc) is 2.76. The number of likely N-dealkylation sites (tertiary alicyclic amines) is 1. The fourth-order valence-electron chi connectivity index (χ4n) is 2.90. The number of fused-ring (bicyclic) bond motifs is 1. The second-order valence-electron chi connectivity index (χ2n) is 5.55. The van der Waals surface area contributed by atoms with Gasteiger partial charge in [0.15, 0.2) is 5.76 Å². The first kappa shape index (κ1) is 12.3. The highest BCUT2D eigenvalue weighted by molar-refractivity contribution is 5.98. The summed E-state index contributed by atoms with van der Waals surface area (Å²) in [6, 6.07) is 7.83. The molecule has 0 aliphatic carbocycles. The van der Waals surface area contributed by atoms with Gasteiger partial charge in [-0.15, -0.1) is 0 Å². The highest BCUT2D eigenvalue weighted by atomic mass is 16.3. The Morgan fingerprint density at radius 1 is 1.37 bits per heavy atom. The molecule has 1 unspecified atom stereocenters. The molecule has 1 aliphatic heterocycles. The molecule has 19 heavy (non-hydrogen) atoms. The van der Waals surface area contributed by atoms with Crippen molar-refractivity contribution in [3.05, 3.63) is 35.6 Å². The molecule has 1 aromatic heterocycles. The molecule has 1 amide bonds. The maximum absolute atomic E-state index is 12.6. The number of rotatable bonds is 1. The molecular formula is C16H19NO2. The molecule has 0 N–H and O–H groups in total. The standard InChI is InChI=1S/C16H19NO2/c1-11-6-5-9-17(10-11)16(18)15-12(2)13-7-3-4-8-14(13)19-15/h3-4,7-8,11H,5-6,9-10H2,1-2H3. The first-order valence-electron chi connectivity index (χ1n) is 6.94. The van der Waals surface area contributed by atoms with Crippen molar-refractivity contribution in [1.29, 1.82) is 0 Å². The highest BCUT2D eigenvalue weighted by Crippen LogP contribution is 2.27. The Morgan fingerprint density at radius 3 is 2.89 bits per heavy atom. The zero-order valence-electron chi connectivity index (χ0n) is 11.5. The summed E-state index contributed by atoms with van der Waals surface area (Å²) in [6.07, 6.45) is 2.30. The van der Waals surface area contributed by atoms with Gasteiger partial charge < -0.3 is 9.32 Å². The minimum absolute atomic E-state index is 0.0419. The van der Waals surface area contributed by atoms with Crippen molar-refractivity contribution in [3.63, 3.8) is 0 Å². The van der Waals surface area contributed by atoms with Crippen molar-refractivity contribution in [2.75, 3.05) is 13.1 Å². The molecule has 2 heterocycles. The number of hydrogen-bond donors (Lipinski definition) is 0. The van der Waals surface area contributed by atoms with Gasteiger partial charge in [-0.1, -0.05) is 25.1 Å². The zero-order valence-corrected chi connectivity index (χ0v) is 11.5. The van der Waals surface area contributed by atoms with Crippen LogP contribution in [0.2, 0.25) is 0 Å². The average molecular weight is 257 g/mol. The molecule has 100 valence electrons. The fourth-order valence-corrected chi connectivity index (χ4v) is 2.90. The number of nitrogens with zero attached hydrogens (tertiary/aromatic N) is 1. The van der Waals surface area contributed by atoms with Crippen LogP contribution in [0, 0.1) is 12.8 Å². The largest absolute Gasteiger partial charge is 0.451 e. The number of aryl methyl sites for hydroxylation is 1. The predicted octanol–water partition coefficient (Wildman–Crippen LogP) is 3.61. The molecule has 1 aliphatic rings. The van der Waals surface area contributed by atoms with Crippen molar-refractivity contribution in [2.45, 2.75) is 26.7 Å². The third kappa shape index (κ3) is 2.14. The Morgan fingerprint density at radius 2 is 2.16 bits per heavy atom. The van der Waals surface area contributed by atoms with Gasteiger partial charge in [-0.05, 0) is 31.7 Å². The summed E-state index contributed by atoms with van der Waals surface area (Å²) in [7, 11) is 0. The van der Waals surface area contributed by atoms with Gasteiger partial charge in [-0.25, -0.2) is 0 Å². The predicted molar refractivity (Wildman–Crippen MR) is 75.3 cm³/mol. The van der Waals surface area contributed by atoms with E-state index in [0.717, 1.165) is 36.0 Å². The summed E-state index contributed by atoms with van der Waals surface area (Å²) < 4.78 is 5.76. The molecule has 1 saturated heterocycles.